The number of hydrogen-bond acceptors (Lipinski definition) is 3. The second-order valence-corrected chi connectivity index (χ2v) is 4.26. The summed E-state index contributed by atoms with van der Waals surface area (Å²) >= 11 is 0.973. The van der Waals surface area contributed by atoms with Gasteiger partial charge >= 0.3 is 35.4 Å². The van der Waals surface area contributed by atoms with E-state index in [2.05, 4.69) is 0 Å². The molecule has 0 saturated heterocycles. The van der Waals surface area contributed by atoms with Crippen molar-refractivity contribution >= 4 is 15.9 Å². The lowest BCUT2D eigenvalue weighted by atomic mass is 10.3. The van der Waals surface area contributed by atoms with Gasteiger partial charge in [0.05, 0.1) is 0 Å². The summed E-state index contributed by atoms with van der Waals surface area (Å²) in [4.78, 5) is 3.51. The van der Waals surface area contributed by atoms with Gasteiger partial charge < -0.3 is 0 Å². The molecule has 0 aliphatic heterocycles. The van der Waals surface area contributed by atoms with Crippen LogP contribution in [-0.2, 0) is 14.5 Å². The maximum absolute atomic E-state index is 12.5. The average Bonchev–Trinajstić information content (AvgIpc) is 2.21. The van der Waals surface area contributed by atoms with Gasteiger partial charge in [-0.15, -0.1) is 9.78 Å². The summed E-state index contributed by atoms with van der Waals surface area (Å²) in [5.41, 5.74) is 0. The Bertz CT molecular complexity index is 413. The molecule has 0 aliphatic rings. The van der Waals surface area contributed by atoms with Crippen molar-refractivity contribution in [3.05, 3.63) is 0 Å². The molecule has 0 aromatic rings. The number of alkyl halides is 14. The highest BCUT2D eigenvalue weighted by molar-refractivity contribution is 9.09. The van der Waals surface area contributed by atoms with Crippen LogP contribution < -0.4 is 0 Å². The van der Waals surface area contributed by atoms with Crippen molar-refractivity contribution < 1.29 is 71.6 Å². The Morgan fingerprint density at radius 1 is 0.522 bits per heavy atom. The SMILES string of the molecule is FC(F)(Br)OC(F)(F)C(F)(F)OOC(F)(F)C(F)(F)C(F)(F)F. The van der Waals surface area contributed by atoms with Crippen LogP contribution in [0, 0.1) is 0 Å². The average molecular weight is 447 g/mol. The predicted molar refractivity (Wildman–Crippen MR) is 43.0 cm³/mol. The summed E-state index contributed by atoms with van der Waals surface area (Å²) in [6.07, 6.45) is -27.1. The van der Waals surface area contributed by atoms with Gasteiger partial charge in [-0.2, -0.15) is 57.1 Å². The lowest BCUT2D eigenvalue weighted by Crippen LogP contribution is -2.55. The van der Waals surface area contributed by atoms with Crippen molar-refractivity contribution in [1.29, 1.82) is 0 Å². The summed E-state index contributed by atoms with van der Waals surface area (Å²) in [6.45, 7) is 0. The minimum Gasteiger partial charge on any atom is -0.239 e. The molecule has 17 heteroatoms. The van der Waals surface area contributed by atoms with Gasteiger partial charge in [0.1, 0.15) is 0 Å². The van der Waals surface area contributed by atoms with Crippen LogP contribution in [0.5, 0.6) is 0 Å². The van der Waals surface area contributed by atoms with E-state index in [1.807, 2.05) is 4.74 Å². The maximum Gasteiger partial charge on any atom is 0.474 e. The fraction of sp³-hybridized carbons (Fsp3) is 1.00. The first-order valence-electron chi connectivity index (χ1n) is 4.38. The smallest absolute Gasteiger partial charge is 0.239 e. The van der Waals surface area contributed by atoms with E-state index < -0.39 is 35.4 Å². The molecule has 0 aromatic heterocycles. The zero-order valence-corrected chi connectivity index (χ0v) is 11.1. The minimum absolute atomic E-state index is 0.973. The van der Waals surface area contributed by atoms with Gasteiger partial charge in [0, 0.05) is 15.9 Å². The third kappa shape index (κ3) is 5.21. The van der Waals surface area contributed by atoms with E-state index in [9.17, 15) is 57.1 Å². The Balaban J connectivity index is 5.21. The van der Waals surface area contributed by atoms with Gasteiger partial charge in [-0.1, -0.05) is 0 Å². The molecule has 0 N–H and O–H groups in total. The predicted octanol–water partition coefficient (Wildman–Crippen LogP) is 4.87. The van der Waals surface area contributed by atoms with Crippen molar-refractivity contribution in [3.8, 4) is 0 Å². The summed E-state index contributed by atoms with van der Waals surface area (Å²) < 4.78 is 160. The molecule has 3 nitrogen and oxygen atoms in total. The summed E-state index contributed by atoms with van der Waals surface area (Å²) in [6, 6.07) is 0. The van der Waals surface area contributed by atoms with Gasteiger partial charge in [0.2, 0.25) is 0 Å². The van der Waals surface area contributed by atoms with Crippen LogP contribution in [0.3, 0.4) is 0 Å². The number of ether oxygens (including phenoxy) is 1. The third-order valence-electron chi connectivity index (χ3n) is 1.56. The van der Waals surface area contributed by atoms with Crippen LogP contribution >= 0.6 is 15.9 Å². The van der Waals surface area contributed by atoms with Crippen LogP contribution in [0.2, 0.25) is 0 Å². The van der Waals surface area contributed by atoms with E-state index in [4.69, 9.17) is 0 Å². The Kier molecular flexibility index (Phi) is 5.92. The number of halogens is 14. The lowest BCUT2D eigenvalue weighted by molar-refractivity contribution is -0.600. The third-order valence-corrected chi connectivity index (χ3v) is 1.72. The minimum atomic E-state index is -7.15. The molecule has 0 fully saturated rings. The molecule has 0 atom stereocenters. The molecule has 0 unspecified atom stereocenters. The monoisotopic (exact) mass is 446 g/mol. The van der Waals surface area contributed by atoms with Crippen LogP contribution in [0.25, 0.3) is 0 Å². The lowest BCUT2D eigenvalue weighted by Gasteiger charge is -2.30. The van der Waals surface area contributed by atoms with Gasteiger partial charge in [-0.05, 0) is 0 Å². The van der Waals surface area contributed by atoms with Gasteiger partial charge in [-0.25, -0.2) is 4.74 Å². The molecule has 140 valence electrons. The Labute approximate surface area is 124 Å². The first-order valence-corrected chi connectivity index (χ1v) is 5.17. The molecular weight excluding hydrogens is 447 g/mol. The molecule has 0 aliphatic carbocycles. The van der Waals surface area contributed by atoms with Crippen molar-refractivity contribution in [2.24, 2.45) is 0 Å². The van der Waals surface area contributed by atoms with E-state index in [1.54, 1.807) is 9.78 Å². The first kappa shape index (κ1) is 22.4. The van der Waals surface area contributed by atoms with Crippen LogP contribution in [-0.4, -0.2) is 35.4 Å². The molecule has 0 heterocycles. The highest BCUT2D eigenvalue weighted by Gasteiger charge is 2.77. The summed E-state index contributed by atoms with van der Waals surface area (Å²) in [7, 11) is 0. The topological polar surface area (TPSA) is 27.7 Å². The fourth-order valence-corrected chi connectivity index (χ4v) is 0.779. The zero-order chi connectivity index (χ0) is 19.1. The van der Waals surface area contributed by atoms with Gasteiger partial charge in [-0.3, -0.25) is 0 Å². The molecule has 0 bridgehead atoms. The molecule has 0 spiro atoms. The number of hydrogen-bond donors (Lipinski definition) is 0. The van der Waals surface area contributed by atoms with E-state index in [0.717, 1.165) is 15.9 Å². The Morgan fingerprint density at radius 3 is 1.17 bits per heavy atom. The molecule has 0 saturated carbocycles. The molecule has 0 radical (unpaired) electrons. The maximum atomic E-state index is 12.5. The van der Waals surface area contributed by atoms with Crippen molar-refractivity contribution in [2.75, 3.05) is 0 Å². The van der Waals surface area contributed by atoms with Crippen molar-refractivity contribution in [2.45, 2.75) is 35.4 Å². The number of rotatable bonds is 7. The second kappa shape index (κ2) is 6.07. The summed E-state index contributed by atoms with van der Waals surface area (Å²) in [5, 5.41) is -5.18. The molecule has 0 aromatic carbocycles. The largest absolute Gasteiger partial charge is 0.474 e. The van der Waals surface area contributed by atoms with Crippen molar-refractivity contribution in [1.82, 2.24) is 0 Å². The summed E-state index contributed by atoms with van der Waals surface area (Å²) in [5.74, 6) is -7.15. The molecule has 23 heavy (non-hydrogen) atoms. The molecular formula is C6BrF13O3. The second-order valence-electron chi connectivity index (χ2n) is 3.34. The van der Waals surface area contributed by atoms with E-state index in [0.29, 0.717) is 0 Å². The fourth-order valence-electron chi connectivity index (χ4n) is 0.575. The molecule has 0 rings (SSSR count). The zero-order valence-electron chi connectivity index (χ0n) is 9.52. The van der Waals surface area contributed by atoms with E-state index >= 15 is 0 Å². The van der Waals surface area contributed by atoms with Gasteiger partial charge in [0.15, 0.2) is 0 Å². The standard InChI is InChI=1S/C6BrF13O3/c7-6(19,20)21-4(15,16)5(17,18)23-22-3(13,14)1(8,9)2(10,11)12. The Hall–Kier alpha value is -0.550. The van der Waals surface area contributed by atoms with Gasteiger partial charge in [0.25, 0.3) is 0 Å². The quantitative estimate of drug-likeness (QED) is 0.241. The van der Waals surface area contributed by atoms with Crippen LogP contribution in [0.4, 0.5) is 57.1 Å². The van der Waals surface area contributed by atoms with E-state index in [-0.39, 0.29) is 0 Å². The first-order chi connectivity index (χ1) is 9.66. The van der Waals surface area contributed by atoms with Crippen LogP contribution in [0.15, 0.2) is 0 Å². The van der Waals surface area contributed by atoms with Crippen LogP contribution in [0.1, 0.15) is 0 Å². The molecule has 0 amide bonds. The van der Waals surface area contributed by atoms with Crippen molar-refractivity contribution in [3.63, 3.8) is 0 Å². The highest BCUT2D eigenvalue weighted by atomic mass is 79.9. The van der Waals surface area contributed by atoms with E-state index in [1.165, 1.54) is 0 Å². The normalized spacial score (nSPS) is 15.9. The Morgan fingerprint density at radius 2 is 0.870 bits per heavy atom. The highest BCUT2D eigenvalue weighted by Crippen LogP contribution is 2.49.